The average molecular weight is 926 g/mol. The van der Waals surface area contributed by atoms with E-state index in [1.165, 1.54) is 7.11 Å². The van der Waals surface area contributed by atoms with Gasteiger partial charge in [-0.15, -0.1) is 0 Å². The molecule has 0 spiro atoms. The molecule has 0 aliphatic heterocycles. The van der Waals surface area contributed by atoms with Crippen LogP contribution in [0.25, 0.3) is 11.1 Å². The van der Waals surface area contributed by atoms with Crippen molar-refractivity contribution in [1.82, 2.24) is 16.0 Å². The number of benzene rings is 2. The number of amides is 3. The first-order chi connectivity index (χ1) is 30.7. The van der Waals surface area contributed by atoms with Crippen LogP contribution >= 0.6 is 0 Å². The number of ketones is 1. The van der Waals surface area contributed by atoms with Gasteiger partial charge in [0.2, 0.25) is 11.8 Å². The van der Waals surface area contributed by atoms with Crippen molar-refractivity contribution in [2.75, 3.05) is 139 Å². The van der Waals surface area contributed by atoms with E-state index in [9.17, 15) is 36.9 Å². The predicted molar refractivity (Wildman–Crippen MR) is 232 cm³/mol. The van der Waals surface area contributed by atoms with E-state index >= 15 is 0 Å². The minimum Gasteiger partial charge on any atom is -0.469 e. The van der Waals surface area contributed by atoms with E-state index in [0.717, 1.165) is 28.8 Å². The van der Waals surface area contributed by atoms with Crippen LogP contribution in [0, 0.1) is 0 Å². The molecular formula is C43H65N4O16S+. The molecule has 0 radical (unpaired) electrons. The normalized spacial score (nSPS) is 12.8. The highest BCUT2D eigenvalue weighted by atomic mass is 32.2. The van der Waals surface area contributed by atoms with Crippen LogP contribution in [0.2, 0.25) is 0 Å². The van der Waals surface area contributed by atoms with Crippen LogP contribution in [0.3, 0.4) is 0 Å². The zero-order chi connectivity index (χ0) is 46.6. The van der Waals surface area contributed by atoms with Crippen molar-refractivity contribution in [2.24, 2.45) is 0 Å². The Balaban J connectivity index is 1.14. The van der Waals surface area contributed by atoms with E-state index < -0.39 is 33.9 Å². The standard InChI is InChI=1S/C43H64N4O16S/c1-47(2,18-22-60-24-23-58-20-14-41(50)56-3)17-15-44-40(49)31-62-28-25-57-19-8-9-33(48)29-61-27-26-59-21-16-45-42(51)39(32-64(53,54)55)46-43(52)63-30-38-36-12-6-4-10-34(36)35-11-5-7-13-37(35)38/h4-7,10-13,38-39H,8-9,14-32H2,1-3H3,(H3-,44,45,46,49,51,52,53,54,55)/p+1. The summed E-state index contributed by atoms with van der Waals surface area (Å²) in [7, 11) is 0.771. The highest BCUT2D eigenvalue weighted by molar-refractivity contribution is 7.85. The maximum Gasteiger partial charge on any atom is 0.407 e. The molecule has 1 unspecified atom stereocenters. The fraction of sp³-hybridized carbons (Fsp3) is 0.605. The molecule has 4 N–H and O–H groups in total. The molecule has 21 heteroatoms. The summed E-state index contributed by atoms with van der Waals surface area (Å²) in [5.74, 6) is -2.84. The van der Waals surface area contributed by atoms with Crippen LogP contribution in [0.4, 0.5) is 4.79 Å². The quantitative estimate of drug-likeness (QED) is 0.0327. The van der Waals surface area contributed by atoms with Gasteiger partial charge in [0.15, 0.2) is 5.78 Å². The zero-order valence-corrected chi connectivity index (χ0v) is 37.9. The number of Topliss-reactive ketones (excluding diaryl/α,β-unsaturated/α-hetero) is 1. The highest BCUT2D eigenvalue weighted by Gasteiger charge is 2.31. The highest BCUT2D eigenvalue weighted by Crippen LogP contribution is 2.44. The predicted octanol–water partition coefficient (Wildman–Crippen LogP) is 1.10. The van der Waals surface area contributed by atoms with E-state index in [4.69, 9.17) is 33.2 Å². The third-order valence-corrected chi connectivity index (χ3v) is 10.5. The number of hydrogen-bond donors (Lipinski definition) is 4. The molecule has 358 valence electrons. The van der Waals surface area contributed by atoms with Gasteiger partial charge in [0.05, 0.1) is 100 Å². The van der Waals surface area contributed by atoms with Gasteiger partial charge < -0.3 is 58.3 Å². The Morgan fingerprint density at radius 1 is 0.688 bits per heavy atom. The molecular weight excluding hydrogens is 861 g/mol. The van der Waals surface area contributed by atoms with E-state index in [1.807, 2.05) is 62.6 Å². The number of hydrogen-bond acceptors (Lipinski definition) is 15. The van der Waals surface area contributed by atoms with Gasteiger partial charge in [0.25, 0.3) is 10.1 Å². The first kappa shape index (κ1) is 53.8. The lowest BCUT2D eigenvalue weighted by Crippen LogP contribution is -2.51. The molecule has 2 aromatic carbocycles. The summed E-state index contributed by atoms with van der Waals surface area (Å²) in [6.07, 6.45) is -0.0801. The average Bonchev–Trinajstić information content (AvgIpc) is 3.57. The zero-order valence-electron chi connectivity index (χ0n) is 37.0. The van der Waals surface area contributed by atoms with Crippen LogP contribution in [0.1, 0.15) is 36.3 Å². The first-order valence-electron chi connectivity index (χ1n) is 21.2. The van der Waals surface area contributed by atoms with Gasteiger partial charge in [-0.1, -0.05) is 48.5 Å². The number of quaternary nitrogens is 1. The first-order valence-corrected chi connectivity index (χ1v) is 22.8. The molecule has 64 heavy (non-hydrogen) atoms. The topological polar surface area (TPSA) is 250 Å². The molecule has 1 aliphatic rings. The van der Waals surface area contributed by atoms with Crippen molar-refractivity contribution in [2.45, 2.75) is 31.2 Å². The fourth-order valence-electron chi connectivity index (χ4n) is 6.33. The Hall–Kier alpha value is -4.58. The Labute approximate surface area is 375 Å². The molecule has 0 saturated carbocycles. The summed E-state index contributed by atoms with van der Waals surface area (Å²) >= 11 is 0. The van der Waals surface area contributed by atoms with Crippen molar-refractivity contribution in [3.63, 3.8) is 0 Å². The van der Waals surface area contributed by atoms with Crippen LogP contribution < -0.4 is 16.0 Å². The molecule has 2 aromatic rings. The number of carbonyl (C=O) groups is 5. The Kier molecular flexibility index (Phi) is 25.0. The van der Waals surface area contributed by atoms with Crippen molar-refractivity contribution < 1.29 is 79.3 Å². The SMILES string of the molecule is COC(=O)CCOCCOCC[N+](C)(C)CCNC(=O)COCCOCCCC(=O)COCCOCCNC(=O)C(CS(=O)(=O)O)NC(=O)OCC1c2ccccc2-c2ccccc21. The molecule has 0 heterocycles. The molecule has 1 aliphatic carbocycles. The van der Waals surface area contributed by atoms with E-state index in [2.05, 4.69) is 20.7 Å². The fourth-order valence-corrected chi connectivity index (χ4v) is 6.99. The van der Waals surface area contributed by atoms with Crippen LogP contribution in [-0.4, -0.2) is 192 Å². The van der Waals surface area contributed by atoms with Crippen molar-refractivity contribution in [3.8, 4) is 11.1 Å². The van der Waals surface area contributed by atoms with Gasteiger partial charge in [-0.25, -0.2) is 4.79 Å². The molecule has 0 aromatic heterocycles. The number of alkyl carbamates (subject to hydrolysis) is 1. The van der Waals surface area contributed by atoms with E-state index in [0.29, 0.717) is 57.0 Å². The number of carbonyl (C=O) groups excluding carboxylic acids is 5. The second kappa shape index (κ2) is 29.8. The number of ether oxygens (including phenoxy) is 8. The third kappa shape index (κ3) is 22.4. The lowest BCUT2D eigenvalue weighted by Gasteiger charge is -2.29. The Morgan fingerprint density at radius 2 is 1.27 bits per heavy atom. The molecule has 20 nitrogen and oxygen atoms in total. The van der Waals surface area contributed by atoms with Gasteiger partial charge >= 0.3 is 12.1 Å². The third-order valence-electron chi connectivity index (χ3n) is 9.79. The summed E-state index contributed by atoms with van der Waals surface area (Å²) < 4.78 is 75.8. The molecule has 3 amide bonds. The van der Waals surface area contributed by atoms with E-state index in [1.54, 1.807) is 0 Å². The van der Waals surface area contributed by atoms with Gasteiger partial charge in [-0.3, -0.25) is 23.7 Å². The number of nitrogens with one attached hydrogen (secondary N) is 3. The summed E-state index contributed by atoms with van der Waals surface area (Å²) in [5.41, 5.74) is 4.01. The summed E-state index contributed by atoms with van der Waals surface area (Å²) in [4.78, 5) is 60.7. The maximum atomic E-state index is 12.8. The second-order valence-corrected chi connectivity index (χ2v) is 16.8. The number of likely N-dealkylation sites (N-methyl/N-ethyl adjacent to an activating group) is 1. The smallest absolute Gasteiger partial charge is 0.407 e. The maximum absolute atomic E-state index is 12.8. The summed E-state index contributed by atoms with van der Waals surface area (Å²) in [6, 6.07) is 13.8. The van der Waals surface area contributed by atoms with Crippen LogP contribution in [-0.2, 0) is 67.2 Å². The molecule has 0 fully saturated rings. The van der Waals surface area contributed by atoms with Gasteiger partial charge in [-0.05, 0) is 28.7 Å². The van der Waals surface area contributed by atoms with Crippen molar-refractivity contribution >= 4 is 39.8 Å². The lowest BCUT2D eigenvalue weighted by atomic mass is 9.98. The van der Waals surface area contributed by atoms with Gasteiger partial charge in [0.1, 0.15) is 38.2 Å². The van der Waals surface area contributed by atoms with Crippen LogP contribution in [0.15, 0.2) is 48.5 Å². The summed E-state index contributed by atoms with van der Waals surface area (Å²) in [5, 5.41) is 7.53. The number of nitrogens with zero attached hydrogens (tertiary/aromatic N) is 1. The second-order valence-electron chi connectivity index (χ2n) is 15.3. The van der Waals surface area contributed by atoms with Crippen molar-refractivity contribution in [3.05, 3.63) is 59.7 Å². The molecule has 0 saturated heterocycles. The van der Waals surface area contributed by atoms with E-state index in [-0.39, 0.29) is 95.8 Å². The Morgan fingerprint density at radius 3 is 1.91 bits per heavy atom. The molecule has 3 rings (SSSR count). The molecule has 1 atom stereocenters. The number of methoxy groups -OCH3 is 1. The van der Waals surface area contributed by atoms with Crippen molar-refractivity contribution in [1.29, 1.82) is 0 Å². The Bertz CT molecular complexity index is 1820. The number of esters is 1. The monoisotopic (exact) mass is 925 g/mol. The summed E-state index contributed by atoms with van der Waals surface area (Å²) in [6.45, 7) is 4.34. The lowest BCUT2D eigenvalue weighted by molar-refractivity contribution is -0.889. The minimum absolute atomic E-state index is 0.0219. The number of fused-ring (bicyclic) bond motifs is 3. The van der Waals surface area contributed by atoms with Gasteiger partial charge in [-0.2, -0.15) is 8.42 Å². The van der Waals surface area contributed by atoms with Crippen LogP contribution in [0.5, 0.6) is 0 Å². The minimum atomic E-state index is -4.65. The number of rotatable bonds is 35. The van der Waals surface area contributed by atoms with Gasteiger partial charge in [0, 0.05) is 25.5 Å². The largest absolute Gasteiger partial charge is 0.469 e. The molecule has 0 bridgehead atoms.